The van der Waals surface area contributed by atoms with E-state index in [1.807, 2.05) is 0 Å². The summed E-state index contributed by atoms with van der Waals surface area (Å²) in [5.74, 6) is -0.889. The molecule has 0 radical (unpaired) electrons. The second kappa shape index (κ2) is 5.22. The SMILES string of the molecule is CCC(CC)(CC)CC(N)C(=O)O. The summed E-state index contributed by atoms with van der Waals surface area (Å²) >= 11 is 0. The number of carboxylic acids is 1. The highest BCUT2D eigenvalue weighted by atomic mass is 16.4. The molecule has 3 nitrogen and oxygen atoms in total. The molecule has 0 heterocycles. The van der Waals surface area contributed by atoms with Gasteiger partial charge < -0.3 is 10.8 Å². The molecule has 0 bridgehead atoms. The largest absolute Gasteiger partial charge is 0.480 e. The van der Waals surface area contributed by atoms with E-state index in [2.05, 4.69) is 20.8 Å². The van der Waals surface area contributed by atoms with Gasteiger partial charge in [-0.3, -0.25) is 4.79 Å². The molecule has 3 N–H and O–H groups in total. The van der Waals surface area contributed by atoms with Crippen LogP contribution in [-0.4, -0.2) is 17.1 Å². The summed E-state index contributed by atoms with van der Waals surface area (Å²) in [6, 6.07) is -0.708. The molecule has 0 fully saturated rings. The Morgan fingerprint density at radius 3 is 1.92 bits per heavy atom. The Morgan fingerprint density at radius 1 is 1.31 bits per heavy atom. The summed E-state index contributed by atoms with van der Waals surface area (Å²) in [6.45, 7) is 6.30. The quantitative estimate of drug-likeness (QED) is 0.668. The van der Waals surface area contributed by atoms with Crippen molar-refractivity contribution >= 4 is 5.97 Å². The lowest BCUT2D eigenvalue weighted by molar-refractivity contribution is -0.139. The van der Waals surface area contributed by atoms with Crippen LogP contribution in [0, 0.1) is 5.41 Å². The van der Waals surface area contributed by atoms with E-state index in [0.29, 0.717) is 6.42 Å². The zero-order valence-corrected chi connectivity index (χ0v) is 8.84. The number of hydrogen-bond acceptors (Lipinski definition) is 2. The van der Waals surface area contributed by atoms with Gasteiger partial charge >= 0.3 is 5.97 Å². The molecule has 0 aliphatic carbocycles. The van der Waals surface area contributed by atoms with E-state index < -0.39 is 12.0 Å². The zero-order chi connectivity index (χ0) is 10.5. The molecule has 0 aromatic carbocycles. The van der Waals surface area contributed by atoms with Crippen molar-refractivity contribution < 1.29 is 9.90 Å². The van der Waals surface area contributed by atoms with Gasteiger partial charge in [0.2, 0.25) is 0 Å². The Morgan fingerprint density at radius 2 is 1.69 bits per heavy atom. The van der Waals surface area contributed by atoms with Gasteiger partial charge in [-0.2, -0.15) is 0 Å². The maximum Gasteiger partial charge on any atom is 0.320 e. The smallest absolute Gasteiger partial charge is 0.320 e. The summed E-state index contributed by atoms with van der Waals surface area (Å²) < 4.78 is 0. The zero-order valence-electron chi connectivity index (χ0n) is 8.84. The molecule has 0 aromatic heterocycles. The van der Waals surface area contributed by atoms with E-state index in [1.165, 1.54) is 0 Å². The van der Waals surface area contributed by atoms with Crippen LogP contribution in [0.5, 0.6) is 0 Å². The van der Waals surface area contributed by atoms with Gasteiger partial charge in [-0.05, 0) is 11.8 Å². The van der Waals surface area contributed by atoms with Gasteiger partial charge in [0.1, 0.15) is 6.04 Å². The predicted octanol–water partition coefficient (Wildman–Crippen LogP) is 2.00. The first-order valence-corrected chi connectivity index (χ1v) is 4.99. The van der Waals surface area contributed by atoms with E-state index in [-0.39, 0.29) is 5.41 Å². The maximum atomic E-state index is 10.6. The average molecular weight is 187 g/mol. The summed E-state index contributed by atoms with van der Waals surface area (Å²) in [7, 11) is 0. The molecule has 0 amide bonds. The predicted molar refractivity (Wildman–Crippen MR) is 53.5 cm³/mol. The molecular formula is C10H21NO2. The highest BCUT2D eigenvalue weighted by molar-refractivity contribution is 5.73. The third kappa shape index (κ3) is 3.35. The third-order valence-electron chi connectivity index (χ3n) is 3.22. The molecule has 0 aliphatic rings. The van der Waals surface area contributed by atoms with Crippen LogP contribution in [0.25, 0.3) is 0 Å². The van der Waals surface area contributed by atoms with Crippen LogP contribution in [0.15, 0.2) is 0 Å². The van der Waals surface area contributed by atoms with Crippen LogP contribution in [0.3, 0.4) is 0 Å². The Kier molecular flexibility index (Phi) is 4.99. The van der Waals surface area contributed by atoms with Gasteiger partial charge in [-0.25, -0.2) is 0 Å². The van der Waals surface area contributed by atoms with Crippen molar-refractivity contribution in [3.63, 3.8) is 0 Å². The minimum Gasteiger partial charge on any atom is -0.480 e. The number of rotatable bonds is 6. The van der Waals surface area contributed by atoms with Crippen LogP contribution in [0.2, 0.25) is 0 Å². The lowest BCUT2D eigenvalue weighted by Gasteiger charge is -2.31. The lowest BCUT2D eigenvalue weighted by Crippen LogP contribution is -2.36. The molecule has 0 rings (SSSR count). The number of hydrogen-bond donors (Lipinski definition) is 2. The van der Waals surface area contributed by atoms with Gasteiger partial charge in [-0.15, -0.1) is 0 Å². The average Bonchev–Trinajstić information content (AvgIpc) is 2.14. The summed E-state index contributed by atoms with van der Waals surface area (Å²) in [5.41, 5.74) is 5.65. The van der Waals surface area contributed by atoms with Crippen LogP contribution in [0.4, 0.5) is 0 Å². The van der Waals surface area contributed by atoms with Gasteiger partial charge in [0.15, 0.2) is 0 Å². The summed E-state index contributed by atoms with van der Waals surface area (Å²) in [5, 5.41) is 8.71. The molecule has 13 heavy (non-hydrogen) atoms. The standard InChI is InChI=1S/C10H21NO2/c1-4-10(5-2,6-3)7-8(11)9(12)13/h8H,4-7,11H2,1-3H3,(H,12,13). The summed E-state index contributed by atoms with van der Waals surface area (Å²) in [4.78, 5) is 10.6. The fourth-order valence-electron chi connectivity index (χ4n) is 1.74. The van der Waals surface area contributed by atoms with Crippen molar-refractivity contribution in [1.29, 1.82) is 0 Å². The van der Waals surface area contributed by atoms with Crippen molar-refractivity contribution in [2.75, 3.05) is 0 Å². The van der Waals surface area contributed by atoms with Gasteiger partial charge in [0, 0.05) is 0 Å². The first-order chi connectivity index (χ1) is 6.01. The Balaban J connectivity index is 4.32. The van der Waals surface area contributed by atoms with Crippen molar-refractivity contribution in [3.8, 4) is 0 Å². The van der Waals surface area contributed by atoms with E-state index in [0.717, 1.165) is 19.3 Å². The van der Waals surface area contributed by atoms with Crippen molar-refractivity contribution in [1.82, 2.24) is 0 Å². The third-order valence-corrected chi connectivity index (χ3v) is 3.22. The van der Waals surface area contributed by atoms with Crippen LogP contribution in [-0.2, 0) is 4.79 Å². The first kappa shape index (κ1) is 12.4. The molecule has 3 heteroatoms. The van der Waals surface area contributed by atoms with Crippen molar-refractivity contribution in [3.05, 3.63) is 0 Å². The van der Waals surface area contributed by atoms with Crippen LogP contribution in [0.1, 0.15) is 46.5 Å². The van der Waals surface area contributed by atoms with E-state index in [9.17, 15) is 4.79 Å². The molecule has 1 atom stereocenters. The Hall–Kier alpha value is -0.570. The monoisotopic (exact) mass is 187 g/mol. The molecule has 0 aliphatic heterocycles. The highest BCUT2D eigenvalue weighted by Crippen LogP contribution is 2.34. The van der Waals surface area contributed by atoms with Crippen molar-refractivity contribution in [2.24, 2.45) is 11.1 Å². The van der Waals surface area contributed by atoms with E-state index >= 15 is 0 Å². The summed E-state index contributed by atoms with van der Waals surface area (Å²) in [6.07, 6.45) is 3.59. The minimum absolute atomic E-state index is 0.123. The Labute approximate surface area is 80.3 Å². The molecule has 1 unspecified atom stereocenters. The molecule has 0 saturated heterocycles. The molecule has 78 valence electrons. The number of nitrogens with two attached hydrogens (primary N) is 1. The first-order valence-electron chi connectivity index (χ1n) is 4.99. The second-order valence-electron chi connectivity index (χ2n) is 3.71. The van der Waals surface area contributed by atoms with Gasteiger partial charge in [0.05, 0.1) is 0 Å². The highest BCUT2D eigenvalue weighted by Gasteiger charge is 2.29. The van der Waals surface area contributed by atoms with E-state index in [4.69, 9.17) is 10.8 Å². The topological polar surface area (TPSA) is 63.3 Å². The molecule has 0 spiro atoms. The fraction of sp³-hybridized carbons (Fsp3) is 0.900. The van der Waals surface area contributed by atoms with Gasteiger partial charge in [0.25, 0.3) is 0 Å². The maximum absolute atomic E-state index is 10.6. The minimum atomic E-state index is -0.889. The van der Waals surface area contributed by atoms with Gasteiger partial charge in [-0.1, -0.05) is 40.0 Å². The van der Waals surface area contributed by atoms with Crippen LogP contribution >= 0.6 is 0 Å². The Bertz CT molecular complexity index is 156. The molecular weight excluding hydrogens is 166 g/mol. The number of carboxylic acid groups (broad SMARTS) is 1. The number of carbonyl (C=O) groups is 1. The number of aliphatic carboxylic acids is 1. The van der Waals surface area contributed by atoms with E-state index in [1.54, 1.807) is 0 Å². The second-order valence-corrected chi connectivity index (χ2v) is 3.71. The van der Waals surface area contributed by atoms with Crippen molar-refractivity contribution in [2.45, 2.75) is 52.5 Å². The van der Waals surface area contributed by atoms with Crippen LogP contribution < -0.4 is 5.73 Å². The molecule has 0 aromatic rings. The normalized spacial score (nSPS) is 14.2. The lowest BCUT2D eigenvalue weighted by atomic mass is 9.75. The molecule has 0 saturated carbocycles. The fourth-order valence-corrected chi connectivity index (χ4v) is 1.74.